The van der Waals surface area contributed by atoms with Gasteiger partial charge in [-0.25, -0.2) is 9.78 Å². The summed E-state index contributed by atoms with van der Waals surface area (Å²) in [7, 11) is 1.70. The molecule has 0 aliphatic carbocycles. The molecule has 0 bridgehead atoms. The molecular weight excluding hydrogens is 484 g/mol. The van der Waals surface area contributed by atoms with Gasteiger partial charge < -0.3 is 25.4 Å². The molecule has 2 amide bonds. The number of piperidine rings is 1. The number of esters is 1. The summed E-state index contributed by atoms with van der Waals surface area (Å²) in [4.78, 5) is 55.6. The SMILES string of the molecule is CC[C@H](C)[C@@H](NC(=O)[C@@H]1CCCCN1)C(=O)N(C)[C@H](C[C@@H](OC(C)=O)c1nc(C(=O)O)cs1)C(C)C. The maximum atomic E-state index is 13.7. The molecule has 3 N–H and O–H groups in total. The maximum absolute atomic E-state index is 13.7. The number of carboxylic acid groups (broad SMARTS) is 1. The standard InChI is InChI=1S/C25H40N4O6S/c1-7-15(4)21(28-22(31)17-10-8-9-11-26-17)24(32)29(6)19(14(2)3)12-20(35-16(5)30)23-27-18(13-36-23)25(33)34/h13-15,17,19-21,26H,7-12H2,1-6H3,(H,28,31)(H,33,34)/t15-,17-,19+,20+,21+/m0/s1. The van der Waals surface area contributed by atoms with Gasteiger partial charge in [0.25, 0.3) is 0 Å². The highest BCUT2D eigenvalue weighted by Crippen LogP contribution is 2.31. The zero-order valence-corrected chi connectivity index (χ0v) is 22.9. The predicted octanol–water partition coefficient (Wildman–Crippen LogP) is 2.99. The van der Waals surface area contributed by atoms with Gasteiger partial charge in [0.1, 0.15) is 11.0 Å². The number of rotatable bonds is 12. The van der Waals surface area contributed by atoms with E-state index >= 15 is 0 Å². The smallest absolute Gasteiger partial charge is 0.355 e. The number of carbonyl (C=O) groups excluding carboxylic acids is 3. The highest BCUT2D eigenvalue weighted by molar-refractivity contribution is 7.09. The van der Waals surface area contributed by atoms with E-state index in [1.54, 1.807) is 11.9 Å². The number of nitrogens with one attached hydrogen (secondary N) is 2. The van der Waals surface area contributed by atoms with E-state index in [1.165, 1.54) is 12.3 Å². The molecule has 11 heteroatoms. The number of carbonyl (C=O) groups is 4. The van der Waals surface area contributed by atoms with E-state index in [4.69, 9.17) is 4.74 Å². The third-order valence-electron chi connectivity index (χ3n) is 6.80. The number of carboxylic acids is 1. The Bertz CT molecular complexity index is 914. The molecule has 0 aromatic carbocycles. The number of aromatic carboxylic acids is 1. The van der Waals surface area contributed by atoms with Gasteiger partial charge in [-0.2, -0.15) is 0 Å². The quantitative estimate of drug-likeness (QED) is 0.355. The highest BCUT2D eigenvalue weighted by Gasteiger charge is 2.36. The zero-order chi connectivity index (χ0) is 27.0. The van der Waals surface area contributed by atoms with E-state index in [0.717, 1.165) is 37.1 Å². The third-order valence-corrected chi connectivity index (χ3v) is 7.74. The van der Waals surface area contributed by atoms with Crippen LogP contribution in [0.1, 0.15) is 88.3 Å². The average Bonchev–Trinajstić information content (AvgIpc) is 3.34. The minimum atomic E-state index is -1.16. The topological polar surface area (TPSA) is 138 Å². The van der Waals surface area contributed by atoms with Crippen LogP contribution in [0.25, 0.3) is 0 Å². The van der Waals surface area contributed by atoms with E-state index in [0.29, 0.717) is 11.4 Å². The Hall–Kier alpha value is -2.53. The number of hydrogen-bond donors (Lipinski definition) is 3. The van der Waals surface area contributed by atoms with Crippen molar-refractivity contribution in [2.45, 2.75) is 91.0 Å². The summed E-state index contributed by atoms with van der Waals surface area (Å²) in [5.74, 6) is -2.14. The highest BCUT2D eigenvalue weighted by atomic mass is 32.1. The van der Waals surface area contributed by atoms with Gasteiger partial charge in [-0.15, -0.1) is 11.3 Å². The molecular formula is C25H40N4O6S. The number of thiazole rings is 1. The number of ether oxygens (including phenoxy) is 1. The van der Waals surface area contributed by atoms with Crippen molar-refractivity contribution in [2.24, 2.45) is 11.8 Å². The summed E-state index contributed by atoms with van der Waals surface area (Å²) in [6.07, 6.45) is 2.91. The van der Waals surface area contributed by atoms with E-state index in [-0.39, 0.29) is 47.8 Å². The minimum absolute atomic E-state index is 0.00999. The second kappa shape index (κ2) is 13.7. The number of nitrogens with zero attached hydrogens (tertiary/aromatic N) is 2. The lowest BCUT2D eigenvalue weighted by Crippen LogP contribution is -2.57. The van der Waals surface area contributed by atoms with Crippen LogP contribution >= 0.6 is 11.3 Å². The Morgan fingerprint density at radius 1 is 1.28 bits per heavy atom. The molecule has 1 aromatic heterocycles. The van der Waals surface area contributed by atoms with Crippen molar-refractivity contribution in [3.63, 3.8) is 0 Å². The predicted molar refractivity (Wildman–Crippen MR) is 137 cm³/mol. The molecule has 1 aliphatic rings. The van der Waals surface area contributed by atoms with E-state index in [9.17, 15) is 24.3 Å². The van der Waals surface area contributed by atoms with Crippen molar-refractivity contribution in [3.05, 3.63) is 16.1 Å². The van der Waals surface area contributed by atoms with Crippen molar-refractivity contribution >= 4 is 35.1 Å². The molecule has 0 radical (unpaired) electrons. The van der Waals surface area contributed by atoms with Gasteiger partial charge in [-0.1, -0.05) is 40.5 Å². The van der Waals surface area contributed by atoms with Crippen molar-refractivity contribution in [2.75, 3.05) is 13.6 Å². The molecule has 2 heterocycles. The molecule has 5 atom stereocenters. The van der Waals surface area contributed by atoms with Crippen molar-refractivity contribution in [1.82, 2.24) is 20.5 Å². The van der Waals surface area contributed by atoms with E-state index in [1.807, 2.05) is 27.7 Å². The first-order chi connectivity index (χ1) is 17.0. The first-order valence-electron chi connectivity index (χ1n) is 12.6. The van der Waals surface area contributed by atoms with Crippen LogP contribution in [0.15, 0.2) is 5.38 Å². The molecule has 10 nitrogen and oxygen atoms in total. The van der Waals surface area contributed by atoms with Crippen LogP contribution in [0.5, 0.6) is 0 Å². The van der Waals surface area contributed by atoms with E-state index in [2.05, 4.69) is 15.6 Å². The van der Waals surface area contributed by atoms with Crippen molar-refractivity contribution in [3.8, 4) is 0 Å². The summed E-state index contributed by atoms with van der Waals surface area (Å²) in [5.41, 5.74) is -0.117. The Balaban J connectivity index is 2.25. The van der Waals surface area contributed by atoms with Crippen LogP contribution in [-0.2, 0) is 19.1 Å². The van der Waals surface area contributed by atoms with Crippen molar-refractivity contribution in [1.29, 1.82) is 0 Å². The number of aromatic nitrogens is 1. The molecule has 1 saturated heterocycles. The van der Waals surface area contributed by atoms with Gasteiger partial charge in [0.15, 0.2) is 11.8 Å². The Labute approximate surface area is 217 Å². The van der Waals surface area contributed by atoms with Crippen LogP contribution in [0, 0.1) is 11.8 Å². The lowest BCUT2D eigenvalue weighted by Gasteiger charge is -2.37. The van der Waals surface area contributed by atoms with E-state index < -0.39 is 24.1 Å². The summed E-state index contributed by atoms with van der Waals surface area (Å²) in [6, 6.07) is -1.34. The number of likely N-dealkylation sites (N-methyl/N-ethyl adjacent to an activating group) is 1. The second-order valence-corrected chi connectivity index (χ2v) is 10.7. The van der Waals surface area contributed by atoms with Crippen LogP contribution < -0.4 is 10.6 Å². The molecule has 1 fully saturated rings. The third kappa shape index (κ3) is 7.99. The molecule has 0 unspecified atom stereocenters. The Morgan fingerprint density at radius 2 is 1.97 bits per heavy atom. The summed E-state index contributed by atoms with van der Waals surface area (Å²) >= 11 is 1.10. The fraction of sp³-hybridized carbons (Fsp3) is 0.720. The zero-order valence-electron chi connectivity index (χ0n) is 22.1. The Kier molecular flexibility index (Phi) is 11.3. The average molecular weight is 525 g/mol. The number of hydrogen-bond acceptors (Lipinski definition) is 8. The second-order valence-electron chi connectivity index (χ2n) is 9.84. The fourth-order valence-electron chi connectivity index (χ4n) is 4.43. The molecule has 0 saturated carbocycles. The van der Waals surface area contributed by atoms with Crippen LogP contribution in [0.2, 0.25) is 0 Å². The maximum Gasteiger partial charge on any atom is 0.355 e. The molecule has 2 rings (SSSR count). The normalized spacial score (nSPS) is 19.1. The summed E-state index contributed by atoms with van der Waals surface area (Å²) < 4.78 is 5.51. The van der Waals surface area contributed by atoms with Gasteiger partial charge in [0, 0.05) is 31.8 Å². The van der Waals surface area contributed by atoms with Gasteiger partial charge in [-0.05, 0) is 31.2 Å². The monoisotopic (exact) mass is 524 g/mol. The molecule has 0 spiro atoms. The molecule has 202 valence electrons. The largest absolute Gasteiger partial charge is 0.476 e. The molecule has 36 heavy (non-hydrogen) atoms. The lowest BCUT2D eigenvalue weighted by atomic mass is 9.92. The lowest BCUT2D eigenvalue weighted by molar-refractivity contribution is -0.149. The van der Waals surface area contributed by atoms with Gasteiger partial charge >= 0.3 is 11.9 Å². The van der Waals surface area contributed by atoms with Crippen LogP contribution in [-0.4, -0.2) is 70.5 Å². The van der Waals surface area contributed by atoms with Crippen LogP contribution in [0.4, 0.5) is 0 Å². The minimum Gasteiger partial charge on any atom is -0.476 e. The first-order valence-corrected chi connectivity index (χ1v) is 13.5. The van der Waals surface area contributed by atoms with Gasteiger partial charge in [0.05, 0.1) is 6.04 Å². The molecule has 1 aromatic rings. The fourth-order valence-corrected chi connectivity index (χ4v) is 5.26. The molecule has 1 aliphatic heterocycles. The van der Waals surface area contributed by atoms with Gasteiger partial charge in [-0.3, -0.25) is 14.4 Å². The van der Waals surface area contributed by atoms with Crippen molar-refractivity contribution < 1.29 is 29.0 Å². The first kappa shape index (κ1) is 29.7. The summed E-state index contributed by atoms with van der Waals surface area (Å²) in [6.45, 7) is 9.92. The number of amides is 2. The van der Waals surface area contributed by atoms with Gasteiger partial charge in [0.2, 0.25) is 11.8 Å². The summed E-state index contributed by atoms with van der Waals surface area (Å²) in [5, 5.41) is 17.2. The Morgan fingerprint density at radius 3 is 2.47 bits per heavy atom. The van der Waals surface area contributed by atoms with Crippen LogP contribution in [0.3, 0.4) is 0 Å².